The number of halogens is 1. The number of carboxylic acid groups (broad SMARTS) is 1. The lowest BCUT2D eigenvalue weighted by Crippen LogP contribution is -2.48. The molecule has 0 aliphatic heterocycles. The molecule has 1 fully saturated rings. The van der Waals surface area contributed by atoms with Crippen molar-refractivity contribution in [3.8, 4) is 0 Å². The number of aliphatic carboxylic acids is 1. The van der Waals surface area contributed by atoms with Gasteiger partial charge < -0.3 is 15.7 Å². The highest BCUT2D eigenvalue weighted by Gasteiger charge is 2.45. The van der Waals surface area contributed by atoms with Gasteiger partial charge in [-0.15, -0.1) is 0 Å². The predicted molar refractivity (Wildman–Crippen MR) is 84.4 cm³/mol. The van der Waals surface area contributed by atoms with Crippen LogP contribution in [0.5, 0.6) is 0 Å². The molecule has 1 saturated carbocycles. The van der Waals surface area contributed by atoms with Gasteiger partial charge >= 0.3 is 12.0 Å². The Kier molecular flexibility index (Phi) is 4.56. The molecule has 114 valence electrons. The van der Waals surface area contributed by atoms with Crippen molar-refractivity contribution >= 4 is 33.6 Å². The summed E-state index contributed by atoms with van der Waals surface area (Å²) in [4.78, 5) is 23.5. The second-order valence-corrected chi connectivity index (χ2v) is 6.60. The number of benzene rings is 1. The Bertz CT molecular complexity index is 576. The number of carboxylic acids is 1. The zero-order valence-corrected chi connectivity index (χ0v) is 13.7. The van der Waals surface area contributed by atoms with E-state index in [1.54, 1.807) is 6.92 Å². The van der Waals surface area contributed by atoms with Gasteiger partial charge in [-0.05, 0) is 60.3 Å². The average Bonchev–Trinajstić information content (AvgIpc) is 2.77. The van der Waals surface area contributed by atoms with Crippen LogP contribution in [-0.4, -0.2) is 23.1 Å². The Hall–Kier alpha value is -1.56. The normalized spacial score (nSPS) is 24.6. The van der Waals surface area contributed by atoms with Gasteiger partial charge in [0.05, 0.1) is 11.1 Å². The SMILES string of the molecule is Cc1ccc(Br)c(NC(=O)NC2CCCC2(C)C(=O)O)c1. The van der Waals surface area contributed by atoms with E-state index in [9.17, 15) is 14.7 Å². The van der Waals surface area contributed by atoms with Gasteiger partial charge in [0.15, 0.2) is 0 Å². The van der Waals surface area contributed by atoms with E-state index < -0.39 is 11.4 Å². The van der Waals surface area contributed by atoms with Crippen LogP contribution in [0.15, 0.2) is 22.7 Å². The van der Waals surface area contributed by atoms with E-state index in [1.807, 2.05) is 25.1 Å². The predicted octanol–water partition coefficient (Wildman–Crippen LogP) is 3.52. The van der Waals surface area contributed by atoms with Crippen molar-refractivity contribution < 1.29 is 14.7 Å². The molecule has 1 aliphatic carbocycles. The molecular weight excluding hydrogens is 336 g/mol. The third kappa shape index (κ3) is 3.37. The van der Waals surface area contributed by atoms with Crippen molar-refractivity contribution in [2.24, 2.45) is 5.41 Å². The molecule has 0 spiro atoms. The number of rotatable bonds is 3. The van der Waals surface area contributed by atoms with Crippen molar-refractivity contribution in [1.29, 1.82) is 0 Å². The maximum atomic E-state index is 12.1. The molecule has 0 bridgehead atoms. The lowest BCUT2D eigenvalue weighted by molar-refractivity contribution is -0.148. The largest absolute Gasteiger partial charge is 0.481 e. The summed E-state index contributed by atoms with van der Waals surface area (Å²) in [6.45, 7) is 3.63. The van der Waals surface area contributed by atoms with Gasteiger partial charge in [0.2, 0.25) is 0 Å². The number of hydrogen-bond donors (Lipinski definition) is 3. The summed E-state index contributed by atoms with van der Waals surface area (Å²) in [5.41, 5.74) is 0.813. The van der Waals surface area contributed by atoms with Gasteiger partial charge in [-0.1, -0.05) is 12.5 Å². The molecule has 6 heteroatoms. The lowest BCUT2D eigenvalue weighted by Gasteiger charge is -2.27. The highest BCUT2D eigenvalue weighted by Crippen LogP contribution is 2.38. The molecule has 5 nitrogen and oxygen atoms in total. The maximum absolute atomic E-state index is 12.1. The first kappa shape index (κ1) is 15.8. The number of amides is 2. The molecule has 2 amide bonds. The van der Waals surface area contributed by atoms with Crippen LogP contribution in [0.2, 0.25) is 0 Å². The first-order valence-electron chi connectivity index (χ1n) is 6.90. The van der Waals surface area contributed by atoms with E-state index >= 15 is 0 Å². The number of hydrogen-bond acceptors (Lipinski definition) is 2. The fourth-order valence-electron chi connectivity index (χ4n) is 2.71. The maximum Gasteiger partial charge on any atom is 0.319 e. The molecule has 0 heterocycles. The number of urea groups is 1. The standard InChI is InChI=1S/C15H19BrN2O3/c1-9-5-6-10(16)11(8-9)17-14(21)18-12-4-3-7-15(12,2)13(19)20/h5-6,8,12H,3-4,7H2,1-2H3,(H,19,20)(H2,17,18,21). The fourth-order valence-corrected chi connectivity index (χ4v) is 3.05. The average molecular weight is 355 g/mol. The van der Waals surface area contributed by atoms with Crippen LogP contribution in [-0.2, 0) is 4.79 Å². The lowest BCUT2D eigenvalue weighted by atomic mass is 9.85. The minimum atomic E-state index is -0.888. The van der Waals surface area contributed by atoms with E-state index in [2.05, 4.69) is 26.6 Å². The van der Waals surface area contributed by atoms with Crippen molar-refractivity contribution in [2.75, 3.05) is 5.32 Å². The monoisotopic (exact) mass is 354 g/mol. The smallest absolute Gasteiger partial charge is 0.319 e. The highest BCUT2D eigenvalue weighted by molar-refractivity contribution is 9.10. The third-order valence-electron chi connectivity index (χ3n) is 4.12. The highest BCUT2D eigenvalue weighted by atomic mass is 79.9. The van der Waals surface area contributed by atoms with E-state index in [4.69, 9.17) is 0 Å². The topological polar surface area (TPSA) is 78.4 Å². The molecule has 0 saturated heterocycles. The van der Waals surface area contributed by atoms with Gasteiger partial charge in [-0.25, -0.2) is 4.79 Å². The molecular formula is C15H19BrN2O3. The number of nitrogens with one attached hydrogen (secondary N) is 2. The molecule has 21 heavy (non-hydrogen) atoms. The molecule has 2 atom stereocenters. The van der Waals surface area contributed by atoms with E-state index in [-0.39, 0.29) is 12.1 Å². The molecule has 1 aliphatic rings. The zero-order chi connectivity index (χ0) is 15.6. The van der Waals surface area contributed by atoms with Gasteiger partial charge in [-0.2, -0.15) is 0 Å². The molecule has 0 aromatic heterocycles. The molecule has 2 unspecified atom stereocenters. The zero-order valence-electron chi connectivity index (χ0n) is 12.1. The van der Waals surface area contributed by atoms with Crippen molar-refractivity contribution in [3.63, 3.8) is 0 Å². The third-order valence-corrected chi connectivity index (χ3v) is 4.81. The molecule has 1 aromatic carbocycles. The molecule has 3 N–H and O–H groups in total. The number of aryl methyl sites for hydroxylation is 1. The van der Waals surface area contributed by atoms with Gasteiger partial charge in [0.1, 0.15) is 0 Å². The molecule has 2 rings (SSSR count). The number of anilines is 1. The summed E-state index contributed by atoms with van der Waals surface area (Å²) >= 11 is 3.38. The second kappa shape index (κ2) is 6.05. The Labute approximate surface area is 132 Å². The van der Waals surface area contributed by atoms with E-state index in [0.29, 0.717) is 18.5 Å². The van der Waals surface area contributed by atoms with Crippen molar-refractivity contribution in [2.45, 2.75) is 39.2 Å². The van der Waals surface area contributed by atoms with E-state index in [0.717, 1.165) is 16.5 Å². The van der Waals surface area contributed by atoms with Gasteiger partial charge in [0.25, 0.3) is 0 Å². The summed E-state index contributed by atoms with van der Waals surface area (Å²) in [5.74, 6) is -0.859. The van der Waals surface area contributed by atoms with Crippen LogP contribution in [0.25, 0.3) is 0 Å². The van der Waals surface area contributed by atoms with Crippen molar-refractivity contribution in [1.82, 2.24) is 5.32 Å². The molecule has 1 aromatic rings. The first-order valence-corrected chi connectivity index (χ1v) is 7.69. The van der Waals surface area contributed by atoms with Crippen LogP contribution in [0.3, 0.4) is 0 Å². The molecule has 0 radical (unpaired) electrons. The first-order chi connectivity index (χ1) is 9.83. The number of carbonyl (C=O) groups excluding carboxylic acids is 1. The van der Waals surface area contributed by atoms with Gasteiger partial charge in [0, 0.05) is 10.5 Å². The Balaban J connectivity index is 2.05. The minimum Gasteiger partial charge on any atom is -0.481 e. The summed E-state index contributed by atoms with van der Waals surface area (Å²) in [6.07, 6.45) is 2.08. The van der Waals surface area contributed by atoms with Crippen LogP contribution < -0.4 is 10.6 Å². The van der Waals surface area contributed by atoms with Gasteiger partial charge in [-0.3, -0.25) is 4.79 Å². The summed E-state index contributed by atoms with van der Waals surface area (Å²) in [5, 5.41) is 14.9. The van der Waals surface area contributed by atoms with Crippen LogP contribution in [0.4, 0.5) is 10.5 Å². The fraction of sp³-hybridized carbons (Fsp3) is 0.467. The summed E-state index contributed by atoms with van der Waals surface area (Å²) in [7, 11) is 0. The minimum absolute atomic E-state index is 0.349. The second-order valence-electron chi connectivity index (χ2n) is 5.75. The number of carbonyl (C=O) groups is 2. The Morgan fingerprint density at radius 2 is 2.14 bits per heavy atom. The Morgan fingerprint density at radius 3 is 2.81 bits per heavy atom. The summed E-state index contributed by atoms with van der Waals surface area (Å²) < 4.78 is 0.788. The van der Waals surface area contributed by atoms with Crippen LogP contribution >= 0.6 is 15.9 Å². The Morgan fingerprint density at radius 1 is 1.43 bits per heavy atom. The quantitative estimate of drug-likeness (QED) is 0.776. The summed E-state index contributed by atoms with van der Waals surface area (Å²) in [6, 6.07) is 4.93. The van der Waals surface area contributed by atoms with Crippen LogP contribution in [0, 0.1) is 12.3 Å². The van der Waals surface area contributed by atoms with Crippen molar-refractivity contribution in [3.05, 3.63) is 28.2 Å². The van der Waals surface area contributed by atoms with E-state index in [1.165, 1.54) is 0 Å². The van der Waals surface area contributed by atoms with Crippen LogP contribution in [0.1, 0.15) is 31.7 Å².